The molecule has 0 rings (SSSR count). The molecule has 1 unspecified atom stereocenters. The van der Waals surface area contributed by atoms with Gasteiger partial charge in [0.2, 0.25) is 0 Å². The molecule has 58 valence electrons. The molecule has 0 spiro atoms. The van der Waals surface area contributed by atoms with Crippen LogP contribution in [-0.4, -0.2) is 29.0 Å². The number of aliphatic hydroxyl groups excluding tert-OH is 1. The average Bonchev–Trinajstić information content (AvgIpc) is 1.87. The largest absolute Gasteiger partial charge is 0.481 e. The molecule has 0 aromatic rings. The number of carbonyl (C=O) groups is 1. The molecule has 4 nitrogen and oxygen atoms in total. The van der Waals surface area contributed by atoms with E-state index in [0.717, 1.165) is 0 Å². The Morgan fingerprint density at radius 3 is 2.80 bits per heavy atom. The van der Waals surface area contributed by atoms with Crippen LogP contribution in [0.3, 0.4) is 0 Å². The van der Waals surface area contributed by atoms with Gasteiger partial charge in [0.15, 0.2) is 0 Å². The van der Waals surface area contributed by atoms with Gasteiger partial charge in [-0.15, -0.1) is 0 Å². The lowest BCUT2D eigenvalue weighted by Gasteiger charge is -2.04. The highest BCUT2D eigenvalue weighted by atomic mass is 16.4. The van der Waals surface area contributed by atoms with Gasteiger partial charge < -0.3 is 10.2 Å². The monoisotopic (exact) mass is 145 g/mol. The fraction of sp³-hybridized carbons (Fsp3) is 0.500. The highest BCUT2D eigenvalue weighted by Gasteiger charge is 1.98. The molecule has 0 bridgehead atoms. The number of rotatable bonds is 5. The Morgan fingerprint density at radius 1 is 1.80 bits per heavy atom. The molecule has 0 aliphatic rings. The van der Waals surface area contributed by atoms with Crippen molar-refractivity contribution in [3.05, 3.63) is 12.7 Å². The molecule has 4 heteroatoms. The Labute approximate surface area is 59.2 Å². The van der Waals surface area contributed by atoms with Crippen molar-refractivity contribution >= 4 is 5.97 Å². The maximum atomic E-state index is 9.92. The maximum absolute atomic E-state index is 9.92. The number of hydrogen-bond acceptors (Lipinski definition) is 3. The highest BCUT2D eigenvalue weighted by molar-refractivity contribution is 5.66. The first-order valence-electron chi connectivity index (χ1n) is 2.92. The third-order valence-electron chi connectivity index (χ3n) is 0.916. The van der Waals surface area contributed by atoms with E-state index in [0.29, 0.717) is 0 Å². The zero-order valence-electron chi connectivity index (χ0n) is 5.58. The minimum Gasteiger partial charge on any atom is -0.481 e. The van der Waals surface area contributed by atoms with E-state index < -0.39 is 12.2 Å². The fourth-order valence-electron chi connectivity index (χ4n) is 0.410. The third kappa shape index (κ3) is 5.27. The lowest BCUT2D eigenvalue weighted by atomic mass is 10.4. The molecule has 0 aromatic carbocycles. The third-order valence-corrected chi connectivity index (χ3v) is 0.916. The predicted octanol–water partition coefficient (Wildman–Crippen LogP) is -0.445. The summed E-state index contributed by atoms with van der Waals surface area (Å²) in [5, 5.41) is 19.4. The van der Waals surface area contributed by atoms with E-state index in [2.05, 4.69) is 11.9 Å². The van der Waals surface area contributed by atoms with Crippen molar-refractivity contribution in [1.82, 2.24) is 5.32 Å². The lowest BCUT2D eigenvalue weighted by Crippen LogP contribution is -2.28. The molecule has 1 atom stereocenters. The van der Waals surface area contributed by atoms with Crippen molar-refractivity contribution in [2.24, 2.45) is 0 Å². The van der Waals surface area contributed by atoms with E-state index in [4.69, 9.17) is 10.2 Å². The van der Waals surface area contributed by atoms with E-state index in [1.165, 1.54) is 6.08 Å². The first-order valence-corrected chi connectivity index (χ1v) is 2.92. The number of aliphatic carboxylic acids is 1. The van der Waals surface area contributed by atoms with Crippen LogP contribution in [-0.2, 0) is 4.79 Å². The molecule has 0 fully saturated rings. The molecule has 0 aliphatic carbocycles. The molecule has 0 amide bonds. The number of carboxylic acids is 1. The van der Waals surface area contributed by atoms with Crippen molar-refractivity contribution in [2.75, 3.05) is 6.54 Å². The van der Waals surface area contributed by atoms with Crippen LogP contribution in [0.2, 0.25) is 0 Å². The van der Waals surface area contributed by atoms with Crippen molar-refractivity contribution in [2.45, 2.75) is 12.6 Å². The van der Waals surface area contributed by atoms with Crippen molar-refractivity contribution in [3.63, 3.8) is 0 Å². The zero-order chi connectivity index (χ0) is 7.98. The van der Waals surface area contributed by atoms with E-state index in [-0.39, 0.29) is 13.0 Å². The molecular formula is C6H11NO3. The zero-order valence-corrected chi connectivity index (χ0v) is 5.58. The Morgan fingerprint density at radius 2 is 2.40 bits per heavy atom. The van der Waals surface area contributed by atoms with Crippen LogP contribution in [0.4, 0.5) is 0 Å². The molecule has 0 aliphatic heterocycles. The van der Waals surface area contributed by atoms with Gasteiger partial charge in [0.1, 0.15) is 6.23 Å². The van der Waals surface area contributed by atoms with Gasteiger partial charge in [0.25, 0.3) is 0 Å². The Balaban J connectivity index is 3.19. The Hall–Kier alpha value is -0.870. The number of carboxylic acid groups (broad SMARTS) is 1. The van der Waals surface area contributed by atoms with E-state index in [1.54, 1.807) is 0 Å². The molecular weight excluding hydrogens is 134 g/mol. The van der Waals surface area contributed by atoms with Crippen molar-refractivity contribution in [3.8, 4) is 0 Å². The van der Waals surface area contributed by atoms with Gasteiger partial charge in [-0.2, -0.15) is 0 Å². The number of hydrogen-bond donors (Lipinski definition) is 3. The average molecular weight is 145 g/mol. The van der Waals surface area contributed by atoms with Crippen molar-refractivity contribution < 1.29 is 15.0 Å². The first kappa shape index (κ1) is 9.13. The van der Waals surface area contributed by atoms with Gasteiger partial charge in [0.05, 0.1) is 6.42 Å². The summed E-state index contributed by atoms with van der Waals surface area (Å²) in [6.45, 7) is 3.55. The van der Waals surface area contributed by atoms with Crippen LogP contribution in [0.1, 0.15) is 6.42 Å². The molecule has 0 saturated heterocycles. The second-order valence-corrected chi connectivity index (χ2v) is 1.78. The standard InChI is InChI=1S/C6H11NO3/c1-2-5(8)7-4-3-6(9)10/h2,5,7-8H,1,3-4H2,(H,9,10). The van der Waals surface area contributed by atoms with Crippen molar-refractivity contribution in [1.29, 1.82) is 0 Å². The van der Waals surface area contributed by atoms with Gasteiger partial charge in [-0.05, 0) is 6.08 Å². The summed E-state index contributed by atoms with van der Waals surface area (Å²) in [7, 11) is 0. The van der Waals surface area contributed by atoms with Crippen LogP contribution in [0.5, 0.6) is 0 Å². The van der Waals surface area contributed by atoms with Gasteiger partial charge in [-0.3, -0.25) is 10.1 Å². The number of nitrogens with one attached hydrogen (secondary N) is 1. The molecule has 0 radical (unpaired) electrons. The summed E-state index contributed by atoms with van der Waals surface area (Å²) in [6, 6.07) is 0. The van der Waals surface area contributed by atoms with Crippen LogP contribution in [0.25, 0.3) is 0 Å². The van der Waals surface area contributed by atoms with Gasteiger partial charge >= 0.3 is 5.97 Å². The van der Waals surface area contributed by atoms with Crippen LogP contribution in [0.15, 0.2) is 12.7 Å². The SMILES string of the molecule is C=CC(O)NCCC(=O)O. The lowest BCUT2D eigenvalue weighted by molar-refractivity contribution is -0.136. The molecule has 10 heavy (non-hydrogen) atoms. The maximum Gasteiger partial charge on any atom is 0.304 e. The molecule has 3 N–H and O–H groups in total. The topological polar surface area (TPSA) is 69.6 Å². The predicted molar refractivity (Wildman–Crippen MR) is 36.5 cm³/mol. The summed E-state index contributed by atoms with van der Waals surface area (Å²) in [5.41, 5.74) is 0. The quantitative estimate of drug-likeness (QED) is 0.362. The second kappa shape index (κ2) is 4.96. The summed E-state index contributed by atoms with van der Waals surface area (Å²) >= 11 is 0. The summed E-state index contributed by atoms with van der Waals surface area (Å²) in [4.78, 5) is 9.92. The molecule has 0 saturated carbocycles. The summed E-state index contributed by atoms with van der Waals surface area (Å²) < 4.78 is 0. The van der Waals surface area contributed by atoms with Crippen LogP contribution in [0, 0.1) is 0 Å². The summed E-state index contributed by atoms with van der Waals surface area (Å²) in [6.07, 6.45) is 0.492. The Kier molecular flexibility index (Phi) is 4.53. The van der Waals surface area contributed by atoms with E-state index in [1.807, 2.05) is 0 Å². The molecule has 0 aromatic heterocycles. The van der Waals surface area contributed by atoms with Crippen LogP contribution < -0.4 is 5.32 Å². The smallest absolute Gasteiger partial charge is 0.304 e. The number of aliphatic hydroxyl groups is 1. The van der Waals surface area contributed by atoms with Gasteiger partial charge in [-0.25, -0.2) is 0 Å². The van der Waals surface area contributed by atoms with E-state index in [9.17, 15) is 4.79 Å². The minimum atomic E-state index is -0.885. The van der Waals surface area contributed by atoms with Gasteiger partial charge in [-0.1, -0.05) is 6.58 Å². The highest BCUT2D eigenvalue weighted by Crippen LogP contribution is 1.79. The fourth-order valence-corrected chi connectivity index (χ4v) is 0.410. The molecule has 0 heterocycles. The first-order chi connectivity index (χ1) is 4.66. The van der Waals surface area contributed by atoms with Crippen LogP contribution >= 0.6 is 0 Å². The van der Waals surface area contributed by atoms with E-state index >= 15 is 0 Å². The normalized spacial score (nSPS) is 12.5. The summed E-state index contributed by atoms with van der Waals surface area (Å²) in [5.74, 6) is -0.885. The van der Waals surface area contributed by atoms with Gasteiger partial charge in [0, 0.05) is 6.54 Å². The second-order valence-electron chi connectivity index (χ2n) is 1.78. The minimum absolute atomic E-state index is 0.00486. The Bertz CT molecular complexity index is 124.